The number of nitrogens with one attached hydrogen (secondary N) is 1. The fraction of sp³-hybridized carbons (Fsp3) is 0.154. The number of aryl methyl sites for hydroxylation is 2. The largest absolute Gasteiger partial charge is 0.382 e. The van der Waals surface area contributed by atoms with Gasteiger partial charge in [0.15, 0.2) is 11.5 Å². The molecule has 5 heteroatoms. The maximum Gasteiger partial charge on any atom is 0.183 e. The van der Waals surface area contributed by atoms with Gasteiger partial charge in [0.1, 0.15) is 17.7 Å². The van der Waals surface area contributed by atoms with Gasteiger partial charge in [-0.1, -0.05) is 23.8 Å². The van der Waals surface area contributed by atoms with Crippen molar-refractivity contribution < 1.29 is 0 Å². The number of nitrogen functional groups attached to an aromatic ring is 1. The van der Waals surface area contributed by atoms with Crippen molar-refractivity contribution in [3.05, 3.63) is 35.7 Å². The van der Waals surface area contributed by atoms with E-state index in [0.717, 1.165) is 11.4 Å². The number of nitrogens with zero attached hydrogens (tertiary/aromatic N) is 3. The second kappa shape index (κ2) is 3.80. The van der Waals surface area contributed by atoms with Gasteiger partial charge in [0, 0.05) is 5.56 Å². The van der Waals surface area contributed by atoms with Crippen molar-refractivity contribution in [3.63, 3.8) is 0 Å². The van der Waals surface area contributed by atoms with E-state index in [2.05, 4.69) is 45.9 Å². The standard InChI is InChI=1S/C13H13N5/c1-7-3-4-9(8(2)5-7)12-17-10-11(14)15-6-16-13(10)18-12/h3-6H,1-2H3,(H3,14,15,16,17,18). The molecule has 90 valence electrons. The van der Waals surface area contributed by atoms with E-state index in [0.29, 0.717) is 17.0 Å². The predicted octanol–water partition coefficient (Wildman–Crippen LogP) is 2.22. The summed E-state index contributed by atoms with van der Waals surface area (Å²) in [5.74, 6) is 1.19. The normalized spacial score (nSPS) is 11.0. The zero-order chi connectivity index (χ0) is 12.7. The summed E-state index contributed by atoms with van der Waals surface area (Å²) in [7, 11) is 0. The Balaban J connectivity index is 2.23. The summed E-state index contributed by atoms with van der Waals surface area (Å²) in [4.78, 5) is 15.7. The molecule has 0 aliphatic heterocycles. The van der Waals surface area contributed by atoms with E-state index in [1.165, 1.54) is 17.5 Å². The quantitative estimate of drug-likeness (QED) is 0.682. The second-order valence-electron chi connectivity index (χ2n) is 4.36. The third kappa shape index (κ3) is 1.60. The smallest absolute Gasteiger partial charge is 0.183 e. The Labute approximate surface area is 104 Å². The van der Waals surface area contributed by atoms with E-state index in [1.54, 1.807) is 0 Å². The molecule has 0 aliphatic rings. The van der Waals surface area contributed by atoms with Crippen LogP contribution in [-0.4, -0.2) is 19.9 Å². The highest BCUT2D eigenvalue weighted by Gasteiger charge is 2.10. The molecule has 2 heterocycles. The Kier molecular flexibility index (Phi) is 2.26. The molecule has 0 fully saturated rings. The van der Waals surface area contributed by atoms with Crippen molar-refractivity contribution in [1.29, 1.82) is 0 Å². The van der Waals surface area contributed by atoms with Gasteiger partial charge in [-0.3, -0.25) is 0 Å². The van der Waals surface area contributed by atoms with Crippen molar-refractivity contribution in [1.82, 2.24) is 19.9 Å². The minimum Gasteiger partial charge on any atom is -0.382 e. The highest BCUT2D eigenvalue weighted by molar-refractivity contribution is 5.84. The minimum atomic E-state index is 0.420. The molecule has 0 saturated carbocycles. The number of aromatic nitrogens is 4. The second-order valence-corrected chi connectivity index (χ2v) is 4.36. The summed E-state index contributed by atoms with van der Waals surface area (Å²) in [6, 6.07) is 6.23. The molecule has 3 N–H and O–H groups in total. The van der Waals surface area contributed by atoms with Crippen LogP contribution in [0.4, 0.5) is 5.82 Å². The molecule has 0 saturated heterocycles. The first-order valence-corrected chi connectivity index (χ1v) is 5.69. The fourth-order valence-electron chi connectivity index (χ4n) is 2.05. The van der Waals surface area contributed by atoms with Crippen molar-refractivity contribution in [2.75, 3.05) is 5.73 Å². The number of nitrogens with two attached hydrogens (primary N) is 1. The Morgan fingerprint density at radius 2 is 2.00 bits per heavy atom. The molecule has 5 nitrogen and oxygen atoms in total. The van der Waals surface area contributed by atoms with Gasteiger partial charge in [0.2, 0.25) is 0 Å². The lowest BCUT2D eigenvalue weighted by Gasteiger charge is -2.03. The van der Waals surface area contributed by atoms with Crippen molar-refractivity contribution in [2.24, 2.45) is 0 Å². The van der Waals surface area contributed by atoms with Crippen molar-refractivity contribution >= 4 is 17.0 Å². The maximum atomic E-state index is 5.79. The summed E-state index contributed by atoms with van der Waals surface area (Å²) in [6.07, 6.45) is 1.42. The van der Waals surface area contributed by atoms with E-state index in [-0.39, 0.29) is 0 Å². The van der Waals surface area contributed by atoms with E-state index in [9.17, 15) is 0 Å². The first-order chi connectivity index (χ1) is 8.65. The summed E-state index contributed by atoms with van der Waals surface area (Å²) in [6.45, 7) is 4.13. The first-order valence-electron chi connectivity index (χ1n) is 5.69. The lowest BCUT2D eigenvalue weighted by Crippen LogP contribution is -1.91. The van der Waals surface area contributed by atoms with Crippen LogP contribution in [0.25, 0.3) is 22.6 Å². The van der Waals surface area contributed by atoms with Crippen molar-refractivity contribution in [2.45, 2.75) is 13.8 Å². The molecule has 0 amide bonds. The number of benzene rings is 1. The highest BCUT2D eigenvalue weighted by atomic mass is 15.0. The van der Waals surface area contributed by atoms with Gasteiger partial charge < -0.3 is 10.7 Å². The Morgan fingerprint density at radius 1 is 1.17 bits per heavy atom. The van der Waals surface area contributed by atoms with Crippen LogP contribution in [0.3, 0.4) is 0 Å². The van der Waals surface area contributed by atoms with Crippen LogP contribution in [-0.2, 0) is 0 Å². The molecule has 18 heavy (non-hydrogen) atoms. The Bertz CT molecular complexity index is 729. The predicted molar refractivity (Wildman–Crippen MR) is 71.0 cm³/mol. The molecule has 2 aromatic heterocycles. The molecule has 1 aromatic carbocycles. The van der Waals surface area contributed by atoms with Crippen LogP contribution in [0, 0.1) is 13.8 Å². The number of hydrogen-bond donors (Lipinski definition) is 2. The van der Waals surface area contributed by atoms with Crippen molar-refractivity contribution in [3.8, 4) is 11.4 Å². The molecular weight excluding hydrogens is 226 g/mol. The molecule has 0 bridgehead atoms. The highest BCUT2D eigenvalue weighted by Crippen LogP contribution is 2.24. The van der Waals surface area contributed by atoms with Gasteiger partial charge in [0.05, 0.1) is 0 Å². The van der Waals surface area contributed by atoms with Gasteiger partial charge >= 0.3 is 0 Å². The van der Waals surface area contributed by atoms with E-state index < -0.39 is 0 Å². The van der Waals surface area contributed by atoms with Crippen LogP contribution < -0.4 is 5.73 Å². The summed E-state index contributed by atoms with van der Waals surface area (Å²) < 4.78 is 0. The van der Waals surface area contributed by atoms with E-state index in [4.69, 9.17) is 5.73 Å². The number of aromatic amines is 1. The molecular formula is C13H13N5. The number of fused-ring (bicyclic) bond motifs is 1. The lowest BCUT2D eigenvalue weighted by atomic mass is 10.1. The molecule has 3 aromatic rings. The Morgan fingerprint density at radius 3 is 2.72 bits per heavy atom. The molecule has 0 aliphatic carbocycles. The molecule has 0 unspecified atom stereocenters. The number of hydrogen-bond acceptors (Lipinski definition) is 4. The number of rotatable bonds is 1. The van der Waals surface area contributed by atoms with Crippen LogP contribution in [0.2, 0.25) is 0 Å². The van der Waals surface area contributed by atoms with Crippen LogP contribution >= 0.6 is 0 Å². The minimum absolute atomic E-state index is 0.420. The van der Waals surface area contributed by atoms with Crippen LogP contribution in [0.5, 0.6) is 0 Å². The third-order valence-electron chi connectivity index (χ3n) is 2.95. The average molecular weight is 239 g/mol. The topological polar surface area (TPSA) is 80.5 Å². The summed E-state index contributed by atoms with van der Waals surface area (Å²) >= 11 is 0. The van der Waals surface area contributed by atoms with Gasteiger partial charge in [-0.25, -0.2) is 15.0 Å². The monoisotopic (exact) mass is 239 g/mol. The van der Waals surface area contributed by atoms with Gasteiger partial charge in [0.25, 0.3) is 0 Å². The van der Waals surface area contributed by atoms with Gasteiger partial charge in [-0.15, -0.1) is 0 Å². The number of H-pyrrole nitrogens is 1. The maximum absolute atomic E-state index is 5.79. The Hall–Kier alpha value is -2.43. The van der Waals surface area contributed by atoms with Gasteiger partial charge in [-0.05, 0) is 19.4 Å². The zero-order valence-electron chi connectivity index (χ0n) is 10.2. The van der Waals surface area contributed by atoms with E-state index >= 15 is 0 Å². The first kappa shape index (κ1) is 10.7. The van der Waals surface area contributed by atoms with E-state index in [1.807, 2.05) is 6.07 Å². The summed E-state index contributed by atoms with van der Waals surface area (Å²) in [5.41, 5.74) is 10.5. The zero-order valence-corrected chi connectivity index (χ0v) is 10.2. The third-order valence-corrected chi connectivity index (χ3v) is 2.95. The molecule has 0 atom stereocenters. The molecule has 0 radical (unpaired) electrons. The number of imidazole rings is 1. The van der Waals surface area contributed by atoms with Gasteiger partial charge in [-0.2, -0.15) is 0 Å². The lowest BCUT2D eigenvalue weighted by molar-refractivity contribution is 1.21. The fourth-order valence-corrected chi connectivity index (χ4v) is 2.05. The van der Waals surface area contributed by atoms with Crippen LogP contribution in [0.15, 0.2) is 24.5 Å². The average Bonchev–Trinajstić information content (AvgIpc) is 2.74. The summed E-state index contributed by atoms with van der Waals surface area (Å²) in [5, 5.41) is 0. The number of anilines is 1. The van der Waals surface area contributed by atoms with Crippen LogP contribution in [0.1, 0.15) is 11.1 Å². The SMILES string of the molecule is Cc1ccc(-c2nc3ncnc(N)c3[nH]2)c(C)c1. The molecule has 3 rings (SSSR count). The molecule has 0 spiro atoms.